The molecular weight excluding hydrogens is 444 g/mol. The van der Waals surface area contributed by atoms with Crippen LogP contribution in [0.15, 0.2) is 33.7 Å². The average molecular weight is 461 g/mol. The van der Waals surface area contributed by atoms with E-state index in [-0.39, 0.29) is 5.97 Å². The normalized spacial score (nSPS) is 11.2. The first-order valence-electron chi connectivity index (χ1n) is 9.12. The highest BCUT2D eigenvalue weighted by Gasteiger charge is 2.21. The molecule has 0 aliphatic carbocycles. The van der Waals surface area contributed by atoms with Gasteiger partial charge in [-0.25, -0.2) is 14.8 Å². The van der Waals surface area contributed by atoms with Crippen molar-refractivity contribution < 1.29 is 13.9 Å². The molecule has 0 aliphatic heterocycles. The third-order valence-electron chi connectivity index (χ3n) is 4.22. The van der Waals surface area contributed by atoms with E-state index in [0.29, 0.717) is 39.9 Å². The molecule has 1 aromatic carbocycles. The van der Waals surface area contributed by atoms with Gasteiger partial charge in [0.15, 0.2) is 0 Å². The van der Waals surface area contributed by atoms with Gasteiger partial charge in [-0.2, -0.15) is 0 Å². The van der Waals surface area contributed by atoms with Crippen molar-refractivity contribution in [1.82, 2.24) is 20.2 Å². The SMILES string of the molecule is CCOC(=O)c1sc2nc(C)nc(SCc3nnc(-c4ccc(Cl)cc4)o3)c2c1C. The first kappa shape index (κ1) is 20.8. The van der Waals surface area contributed by atoms with Gasteiger partial charge in [-0.1, -0.05) is 23.4 Å². The fraction of sp³-hybridized carbons (Fsp3) is 0.250. The maximum Gasteiger partial charge on any atom is 0.348 e. The molecule has 0 unspecified atom stereocenters. The summed E-state index contributed by atoms with van der Waals surface area (Å²) in [6.45, 7) is 5.83. The second-order valence-electron chi connectivity index (χ2n) is 6.33. The van der Waals surface area contributed by atoms with Crippen LogP contribution in [0.5, 0.6) is 0 Å². The van der Waals surface area contributed by atoms with Gasteiger partial charge in [0.05, 0.1) is 12.4 Å². The number of esters is 1. The van der Waals surface area contributed by atoms with E-state index in [4.69, 9.17) is 20.8 Å². The van der Waals surface area contributed by atoms with Crippen LogP contribution in [0.1, 0.15) is 33.9 Å². The Morgan fingerprint density at radius 2 is 1.97 bits per heavy atom. The number of hydrogen-bond donors (Lipinski definition) is 0. The van der Waals surface area contributed by atoms with Crippen LogP contribution in [0, 0.1) is 13.8 Å². The molecule has 30 heavy (non-hydrogen) atoms. The summed E-state index contributed by atoms with van der Waals surface area (Å²) in [5.41, 5.74) is 1.62. The zero-order valence-electron chi connectivity index (χ0n) is 16.4. The monoisotopic (exact) mass is 460 g/mol. The molecule has 0 radical (unpaired) electrons. The molecule has 0 fully saturated rings. The molecule has 3 heterocycles. The van der Waals surface area contributed by atoms with E-state index in [9.17, 15) is 4.79 Å². The molecule has 0 amide bonds. The fourth-order valence-electron chi connectivity index (χ4n) is 2.85. The van der Waals surface area contributed by atoms with Crippen molar-refractivity contribution in [2.24, 2.45) is 0 Å². The largest absolute Gasteiger partial charge is 0.462 e. The predicted octanol–water partition coefficient (Wildman–Crippen LogP) is 5.48. The maximum atomic E-state index is 12.3. The second-order valence-corrected chi connectivity index (χ2v) is 8.73. The highest BCUT2D eigenvalue weighted by Crippen LogP contribution is 2.37. The zero-order chi connectivity index (χ0) is 21.3. The summed E-state index contributed by atoms with van der Waals surface area (Å²) in [7, 11) is 0. The van der Waals surface area contributed by atoms with Gasteiger partial charge in [0, 0.05) is 16.0 Å². The Hall–Kier alpha value is -2.49. The minimum atomic E-state index is -0.337. The minimum Gasteiger partial charge on any atom is -0.462 e. The van der Waals surface area contributed by atoms with Gasteiger partial charge >= 0.3 is 5.97 Å². The number of aryl methyl sites for hydroxylation is 2. The van der Waals surface area contributed by atoms with Crippen LogP contribution in [0.4, 0.5) is 0 Å². The van der Waals surface area contributed by atoms with Gasteiger partial charge in [0.2, 0.25) is 11.8 Å². The maximum absolute atomic E-state index is 12.3. The van der Waals surface area contributed by atoms with Gasteiger partial charge in [0.25, 0.3) is 0 Å². The van der Waals surface area contributed by atoms with Crippen molar-refractivity contribution in [3.8, 4) is 11.5 Å². The standard InChI is InChI=1S/C20H17ClN4O3S2/c1-4-27-20(26)16-10(2)15-18(22-11(3)23-19(15)30-16)29-9-14-24-25-17(28-14)12-5-7-13(21)8-6-12/h5-8H,4,9H2,1-3H3. The van der Waals surface area contributed by atoms with Crippen molar-refractivity contribution in [1.29, 1.82) is 0 Å². The smallest absolute Gasteiger partial charge is 0.348 e. The van der Waals surface area contributed by atoms with Crippen molar-refractivity contribution in [3.05, 3.63) is 51.4 Å². The van der Waals surface area contributed by atoms with Crippen LogP contribution < -0.4 is 0 Å². The van der Waals surface area contributed by atoms with Crippen molar-refractivity contribution in [3.63, 3.8) is 0 Å². The summed E-state index contributed by atoms with van der Waals surface area (Å²) in [5, 5.41) is 10.5. The van der Waals surface area contributed by atoms with E-state index in [2.05, 4.69) is 20.2 Å². The lowest BCUT2D eigenvalue weighted by atomic mass is 10.2. The predicted molar refractivity (Wildman–Crippen MR) is 117 cm³/mol. The van der Waals surface area contributed by atoms with E-state index in [1.54, 1.807) is 19.1 Å². The summed E-state index contributed by atoms with van der Waals surface area (Å²) in [6.07, 6.45) is 0. The van der Waals surface area contributed by atoms with Crippen molar-refractivity contribution in [2.75, 3.05) is 6.61 Å². The number of carbonyl (C=O) groups is 1. The number of hydrogen-bond acceptors (Lipinski definition) is 9. The van der Waals surface area contributed by atoms with E-state index in [1.165, 1.54) is 23.1 Å². The topological polar surface area (TPSA) is 91.0 Å². The number of ether oxygens (including phenoxy) is 1. The average Bonchev–Trinajstić information content (AvgIpc) is 3.32. The molecular formula is C20H17ClN4O3S2. The number of thiophene rings is 1. The lowest BCUT2D eigenvalue weighted by Gasteiger charge is -2.04. The Kier molecular flexibility index (Phi) is 6.03. The molecule has 0 saturated heterocycles. The molecule has 0 aliphatic rings. The molecule has 4 aromatic rings. The summed E-state index contributed by atoms with van der Waals surface area (Å²) in [5.74, 6) is 1.65. The lowest BCUT2D eigenvalue weighted by molar-refractivity contribution is 0.0531. The Bertz CT molecular complexity index is 1220. The third kappa shape index (κ3) is 4.19. The van der Waals surface area contributed by atoms with Gasteiger partial charge in [0.1, 0.15) is 20.6 Å². The summed E-state index contributed by atoms with van der Waals surface area (Å²) in [6, 6.07) is 7.21. The number of fused-ring (bicyclic) bond motifs is 1. The lowest BCUT2D eigenvalue weighted by Crippen LogP contribution is -2.03. The van der Waals surface area contributed by atoms with Gasteiger partial charge < -0.3 is 9.15 Å². The van der Waals surface area contributed by atoms with Crippen LogP contribution in [0.3, 0.4) is 0 Å². The number of carbonyl (C=O) groups excluding carboxylic acids is 1. The fourth-order valence-corrected chi connectivity index (χ4v) is 5.13. The van der Waals surface area contributed by atoms with E-state index in [1.807, 2.05) is 26.0 Å². The second kappa shape index (κ2) is 8.71. The zero-order valence-corrected chi connectivity index (χ0v) is 18.8. The van der Waals surface area contributed by atoms with Gasteiger partial charge in [-0.15, -0.1) is 21.5 Å². The number of rotatable bonds is 6. The minimum absolute atomic E-state index is 0.325. The molecule has 7 nitrogen and oxygen atoms in total. The molecule has 154 valence electrons. The Balaban J connectivity index is 1.60. The molecule has 0 N–H and O–H groups in total. The van der Waals surface area contributed by atoms with Crippen molar-refractivity contribution >= 4 is 50.9 Å². The first-order valence-corrected chi connectivity index (χ1v) is 11.3. The Labute approximate surface area is 185 Å². The molecule has 4 rings (SSSR count). The molecule has 0 spiro atoms. The number of nitrogens with zero attached hydrogens (tertiary/aromatic N) is 4. The molecule has 10 heteroatoms. The molecule has 0 bridgehead atoms. The van der Waals surface area contributed by atoms with Crippen molar-refractivity contribution in [2.45, 2.75) is 31.6 Å². The number of thioether (sulfide) groups is 1. The molecule has 0 saturated carbocycles. The van der Waals surface area contributed by atoms with Gasteiger partial charge in [-0.05, 0) is 50.6 Å². The first-order chi connectivity index (χ1) is 14.5. The van der Waals surface area contributed by atoms with Gasteiger partial charge in [-0.3, -0.25) is 0 Å². The number of aromatic nitrogens is 4. The van der Waals surface area contributed by atoms with E-state index in [0.717, 1.165) is 26.4 Å². The highest BCUT2D eigenvalue weighted by molar-refractivity contribution is 7.98. The summed E-state index contributed by atoms with van der Waals surface area (Å²) in [4.78, 5) is 22.6. The Morgan fingerprint density at radius 1 is 1.20 bits per heavy atom. The quantitative estimate of drug-likeness (QED) is 0.212. The Morgan fingerprint density at radius 3 is 2.70 bits per heavy atom. The summed E-state index contributed by atoms with van der Waals surface area (Å²) < 4.78 is 10.9. The number of halogens is 1. The molecule has 0 atom stereocenters. The van der Waals surface area contributed by atoms with Crippen LogP contribution in [-0.4, -0.2) is 32.7 Å². The van der Waals surface area contributed by atoms with E-state index >= 15 is 0 Å². The highest BCUT2D eigenvalue weighted by atomic mass is 35.5. The van der Waals surface area contributed by atoms with E-state index < -0.39 is 0 Å². The number of benzene rings is 1. The van der Waals surface area contributed by atoms with Crippen LogP contribution in [-0.2, 0) is 10.5 Å². The van der Waals surface area contributed by atoms with Crippen LogP contribution >= 0.6 is 34.7 Å². The van der Waals surface area contributed by atoms with Crippen LogP contribution in [0.2, 0.25) is 5.02 Å². The third-order valence-corrected chi connectivity index (χ3v) is 6.60. The summed E-state index contributed by atoms with van der Waals surface area (Å²) >= 11 is 8.71. The molecule has 3 aromatic heterocycles. The van der Waals surface area contributed by atoms with Crippen LogP contribution in [0.25, 0.3) is 21.7 Å².